The molecule has 17 heavy (non-hydrogen) atoms. The van der Waals surface area contributed by atoms with Crippen LogP contribution in [0.15, 0.2) is 24.3 Å². The van der Waals surface area contributed by atoms with Crippen molar-refractivity contribution in [1.82, 2.24) is 5.32 Å². The van der Waals surface area contributed by atoms with Gasteiger partial charge in [-0.15, -0.1) is 0 Å². The number of hydrogen-bond donors (Lipinski definition) is 1. The Balaban J connectivity index is 2.56. The van der Waals surface area contributed by atoms with Gasteiger partial charge in [-0.25, -0.2) is 0 Å². The third-order valence-corrected chi connectivity index (χ3v) is 3.25. The van der Waals surface area contributed by atoms with Crippen molar-refractivity contribution in [3.05, 3.63) is 34.9 Å². The molecule has 96 valence electrons. The highest BCUT2D eigenvalue weighted by Crippen LogP contribution is 2.17. The summed E-state index contributed by atoms with van der Waals surface area (Å²) in [6, 6.07) is 8.10. The van der Waals surface area contributed by atoms with Gasteiger partial charge in [0.15, 0.2) is 0 Å². The monoisotopic (exact) mass is 255 g/mol. The maximum atomic E-state index is 5.88. The summed E-state index contributed by atoms with van der Waals surface area (Å²) in [7, 11) is 3.76. The van der Waals surface area contributed by atoms with Gasteiger partial charge in [-0.05, 0) is 57.0 Å². The molecule has 1 rings (SSSR count). The third-order valence-electron chi connectivity index (χ3n) is 3.00. The van der Waals surface area contributed by atoms with Gasteiger partial charge in [0.1, 0.15) is 0 Å². The molecule has 1 N–H and O–H groups in total. The molecule has 0 aromatic heterocycles. The van der Waals surface area contributed by atoms with Gasteiger partial charge in [-0.2, -0.15) is 0 Å². The summed E-state index contributed by atoms with van der Waals surface area (Å²) in [6.07, 6.45) is 2.44. The number of ether oxygens (including phenoxy) is 1. The van der Waals surface area contributed by atoms with Gasteiger partial charge in [-0.1, -0.05) is 23.7 Å². The average molecular weight is 256 g/mol. The van der Waals surface area contributed by atoms with Crippen LogP contribution in [0.5, 0.6) is 0 Å². The van der Waals surface area contributed by atoms with E-state index in [1.54, 1.807) is 7.11 Å². The number of rotatable bonds is 7. The first-order chi connectivity index (χ1) is 8.15. The van der Waals surface area contributed by atoms with Crippen LogP contribution in [0.2, 0.25) is 5.02 Å². The molecule has 3 heteroatoms. The summed E-state index contributed by atoms with van der Waals surface area (Å²) in [6.45, 7) is 3.13. The summed E-state index contributed by atoms with van der Waals surface area (Å²) in [5.74, 6) is 0.594. The SMILES string of the molecule is CNCC(Cc1ccc(Cl)cc1)CC(C)OC. The van der Waals surface area contributed by atoms with Gasteiger partial charge in [0.2, 0.25) is 0 Å². The van der Waals surface area contributed by atoms with Crippen molar-refractivity contribution in [2.24, 2.45) is 5.92 Å². The minimum Gasteiger partial charge on any atom is -0.382 e. The lowest BCUT2D eigenvalue weighted by molar-refractivity contribution is 0.0949. The minimum absolute atomic E-state index is 0.306. The van der Waals surface area contributed by atoms with E-state index >= 15 is 0 Å². The Bertz CT molecular complexity index is 313. The molecule has 0 aliphatic heterocycles. The van der Waals surface area contributed by atoms with E-state index < -0.39 is 0 Å². The molecule has 1 aromatic carbocycles. The van der Waals surface area contributed by atoms with E-state index in [9.17, 15) is 0 Å². The van der Waals surface area contributed by atoms with Crippen molar-refractivity contribution in [2.75, 3.05) is 20.7 Å². The molecule has 1 aromatic rings. The Morgan fingerprint density at radius 3 is 2.47 bits per heavy atom. The summed E-state index contributed by atoms with van der Waals surface area (Å²) < 4.78 is 5.33. The summed E-state index contributed by atoms with van der Waals surface area (Å²) in [5.41, 5.74) is 1.33. The molecule has 2 unspecified atom stereocenters. The van der Waals surface area contributed by atoms with Crippen LogP contribution in [-0.2, 0) is 11.2 Å². The first-order valence-corrected chi connectivity index (χ1v) is 6.45. The lowest BCUT2D eigenvalue weighted by Gasteiger charge is -2.20. The Hall–Kier alpha value is -0.570. The molecular weight excluding hydrogens is 234 g/mol. The molecule has 0 saturated heterocycles. The average Bonchev–Trinajstić information content (AvgIpc) is 2.32. The fourth-order valence-corrected chi connectivity index (χ4v) is 2.17. The van der Waals surface area contributed by atoms with Gasteiger partial charge in [0, 0.05) is 12.1 Å². The molecule has 0 radical (unpaired) electrons. The molecule has 2 nitrogen and oxygen atoms in total. The highest BCUT2D eigenvalue weighted by Gasteiger charge is 2.13. The van der Waals surface area contributed by atoms with Crippen molar-refractivity contribution in [3.8, 4) is 0 Å². The molecular formula is C14H22ClNO. The largest absolute Gasteiger partial charge is 0.382 e. The van der Waals surface area contributed by atoms with Crippen molar-refractivity contribution in [2.45, 2.75) is 25.9 Å². The van der Waals surface area contributed by atoms with Crippen LogP contribution >= 0.6 is 11.6 Å². The first-order valence-electron chi connectivity index (χ1n) is 6.07. The molecule has 0 bridgehead atoms. The highest BCUT2D eigenvalue weighted by atomic mass is 35.5. The Labute approximate surface area is 109 Å². The standard InChI is InChI=1S/C14H22ClNO/c1-11(17-3)8-13(10-16-2)9-12-4-6-14(15)7-5-12/h4-7,11,13,16H,8-10H2,1-3H3. The summed E-state index contributed by atoms with van der Waals surface area (Å²) in [5, 5.41) is 4.04. The zero-order valence-corrected chi connectivity index (χ0v) is 11.6. The van der Waals surface area contributed by atoms with Crippen LogP contribution in [0.3, 0.4) is 0 Å². The third kappa shape index (κ3) is 5.53. The lowest BCUT2D eigenvalue weighted by atomic mass is 9.94. The Morgan fingerprint density at radius 2 is 1.94 bits per heavy atom. The zero-order valence-electron chi connectivity index (χ0n) is 10.9. The van der Waals surface area contributed by atoms with Crippen LogP contribution in [0, 0.1) is 5.92 Å². The topological polar surface area (TPSA) is 21.3 Å². The van der Waals surface area contributed by atoms with E-state index in [0.29, 0.717) is 12.0 Å². The van der Waals surface area contributed by atoms with Gasteiger partial charge in [-0.3, -0.25) is 0 Å². The second-order valence-electron chi connectivity index (χ2n) is 4.54. The number of halogens is 1. The van der Waals surface area contributed by atoms with Gasteiger partial charge in [0.05, 0.1) is 6.10 Å². The fraction of sp³-hybridized carbons (Fsp3) is 0.571. The second kappa shape index (κ2) is 7.70. The van der Waals surface area contributed by atoms with E-state index in [2.05, 4.69) is 24.4 Å². The van der Waals surface area contributed by atoms with Gasteiger partial charge < -0.3 is 10.1 Å². The zero-order chi connectivity index (χ0) is 12.7. The van der Waals surface area contributed by atoms with Crippen molar-refractivity contribution < 1.29 is 4.74 Å². The highest BCUT2D eigenvalue weighted by molar-refractivity contribution is 6.30. The molecule has 0 fully saturated rings. The number of methoxy groups -OCH3 is 1. The fourth-order valence-electron chi connectivity index (χ4n) is 2.05. The molecule has 0 heterocycles. The summed E-state index contributed by atoms with van der Waals surface area (Å²) >= 11 is 5.88. The van der Waals surface area contributed by atoms with Crippen molar-refractivity contribution >= 4 is 11.6 Å². The second-order valence-corrected chi connectivity index (χ2v) is 4.97. The Morgan fingerprint density at radius 1 is 1.29 bits per heavy atom. The van der Waals surface area contributed by atoms with Crippen LogP contribution in [0.4, 0.5) is 0 Å². The van der Waals surface area contributed by atoms with E-state index in [1.807, 2.05) is 19.2 Å². The molecule has 0 spiro atoms. The maximum Gasteiger partial charge on any atom is 0.0546 e. The molecule has 0 amide bonds. The summed E-state index contributed by atoms with van der Waals surface area (Å²) in [4.78, 5) is 0. The van der Waals surface area contributed by atoms with E-state index in [-0.39, 0.29) is 0 Å². The van der Waals surface area contributed by atoms with E-state index in [0.717, 1.165) is 24.4 Å². The van der Waals surface area contributed by atoms with Crippen molar-refractivity contribution in [3.63, 3.8) is 0 Å². The normalized spacial score (nSPS) is 14.6. The maximum absolute atomic E-state index is 5.88. The van der Waals surface area contributed by atoms with E-state index in [4.69, 9.17) is 16.3 Å². The molecule has 2 atom stereocenters. The predicted octanol–water partition coefficient (Wildman–Crippen LogP) is 3.14. The number of hydrogen-bond acceptors (Lipinski definition) is 2. The number of benzene rings is 1. The van der Waals surface area contributed by atoms with Crippen LogP contribution in [-0.4, -0.2) is 26.8 Å². The smallest absolute Gasteiger partial charge is 0.0546 e. The quantitative estimate of drug-likeness (QED) is 0.808. The Kier molecular flexibility index (Phi) is 6.56. The molecule has 0 aliphatic rings. The molecule has 0 aliphatic carbocycles. The van der Waals surface area contributed by atoms with Crippen LogP contribution < -0.4 is 5.32 Å². The van der Waals surface area contributed by atoms with Crippen molar-refractivity contribution in [1.29, 1.82) is 0 Å². The van der Waals surface area contributed by atoms with E-state index in [1.165, 1.54) is 5.56 Å². The lowest BCUT2D eigenvalue weighted by Crippen LogP contribution is -2.24. The first kappa shape index (κ1) is 14.5. The van der Waals surface area contributed by atoms with Crippen LogP contribution in [0.1, 0.15) is 18.9 Å². The number of nitrogens with one attached hydrogen (secondary N) is 1. The van der Waals surface area contributed by atoms with Crippen LogP contribution in [0.25, 0.3) is 0 Å². The predicted molar refractivity (Wildman–Crippen MR) is 73.7 cm³/mol. The molecule has 0 saturated carbocycles. The van der Waals surface area contributed by atoms with Gasteiger partial charge >= 0.3 is 0 Å². The minimum atomic E-state index is 0.306. The van der Waals surface area contributed by atoms with Gasteiger partial charge in [0.25, 0.3) is 0 Å².